The summed E-state index contributed by atoms with van der Waals surface area (Å²) >= 11 is 13.1. The molecule has 1 aliphatic rings. The minimum Gasteiger partial charge on any atom is -0.422 e. The van der Waals surface area contributed by atoms with Crippen molar-refractivity contribution in [2.75, 3.05) is 0 Å². The summed E-state index contributed by atoms with van der Waals surface area (Å²) in [7, 11) is 0. The van der Waals surface area contributed by atoms with E-state index >= 15 is 0 Å². The van der Waals surface area contributed by atoms with Crippen molar-refractivity contribution in [3.8, 4) is 5.75 Å². The van der Waals surface area contributed by atoms with Crippen LogP contribution in [0.4, 0.5) is 4.79 Å². The van der Waals surface area contributed by atoms with Gasteiger partial charge in [0, 0.05) is 10.6 Å². The van der Waals surface area contributed by atoms with Crippen LogP contribution >= 0.6 is 35.0 Å². The zero-order chi connectivity index (χ0) is 25.2. The van der Waals surface area contributed by atoms with Crippen LogP contribution in [-0.4, -0.2) is 22.0 Å². The van der Waals surface area contributed by atoms with Crippen LogP contribution in [0.5, 0.6) is 5.75 Å². The average Bonchev–Trinajstić information content (AvgIpc) is 3.13. The molecule has 0 spiro atoms. The Bertz CT molecular complexity index is 1560. The minimum atomic E-state index is -0.651. The summed E-state index contributed by atoms with van der Waals surface area (Å²) in [6.07, 6.45) is 1.51. The van der Waals surface area contributed by atoms with Gasteiger partial charge in [-0.25, -0.2) is 4.79 Å². The summed E-state index contributed by atoms with van der Waals surface area (Å²) in [5.74, 6) is -0.895. The number of rotatable bonds is 5. The molecule has 1 saturated heterocycles. The van der Waals surface area contributed by atoms with E-state index in [1.807, 2.05) is 42.5 Å². The Kier molecular flexibility index (Phi) is 6.83. The van der Waals surface area contributed by atoms with Crippen molar-refractivity contribution >= 4 is 68.9 Å². The lowest BCUT2D eigenvalue weighted by molar-refractivity contribution is -0.123. The molecule has 4 aromatic carbocycles. The van der Waals surface area contributed by atoms with Gasteiger partial charge < -0.3 is 4.74 Å². The quantitative estimate of drug-likeness (QED) is 0.150. The fourth-order valence-corrected chi connectivity index (χ4v) is 5.11. The van der Waals surface area contributed by atoms with Crippen molar-refractivity contribution in [3.63, 3.8) is 0 Å². The van der Waals surface area contributed by atoms with E-state index in [2.05, 4.69) is 0 Å². The van der Waals surface area contributed by atoms with Crippen LogP contribution < -0.4 is 4.74 Å². The molecular weight excluding hydrogens is 517 g/mol. The molecule has 1 aliphatic heterocycles. The molecule has 0 aromatic heterocycles. The molecule has 2 amide bonds. The molecule has 4 aromatic rings. The number of carbonyl (C=O) groups excluding carboxylic acids is 3. The molecular formula is C28H17Cl2NO4S. The van der Waals surface area contributed by atoms with Crippen LogP contribution in [0.15, 0.2) is 89.8 Å². The highest BCUT2D eigenvalue weighted by atomic mass is 35.5. The summed E-state index contributed by atoms with van der Waals surface area (Å²) < 4.78 is 5.56. The lowest BCUT2D eigenvalue weighted by atomic mass is 10.0. The molecule has 1 fully saturated rings. The summed E-state index contributed by atoms with van der Waals surface area (Å²) in [5, 5.41) is 2.27. The van der Waals surface area contributed by atoms with Crippen LogP contribution in [0, 0.1) is 0 Å². The van der Waals surface area contributed by atoms with Crippen LogP contribution in [-0.2, 0) is 11.3 Å². The third-order valence-electron chi connectivity index (χ3n) is 5.64. The number of imide groups is 1. The Morgan fingerprint density at radius 1 is 0.917 bits per heavy atom. The first kappa shape index (κ1) is 24.1. The monoisotopic (exact) mass is 533 g/mol. The van der Waals surface area contributed by atoms with Crippen LogP contribution in [0.25, 0.3) is 16.8 Å². The first-order valence-corrected chi connectivity index (χ1v) is 12.5. The standard InChI is InChI=1S/C28H17Cl2NO4S/c29-20-12-13-24(35-27(33)22-10-3-4-11-23(22)30)19(14-20)15-25-26(32)31(28(34)36-25)16-18-8-5-7-17-6-1-2-9-21(17)18/h1-15H,16H2/b25-15-. The number of carbonyl (C=O) groups is 3. The Balaban J connectivity index is 1.43. The molecule has 1 heterocycles. The van der Waals surface area contributed by atoms with Gasteiger partial charge in [-0.15, -0.1) is 0 Å². The molecule has 5 rings (SSSR count). The fraction of sp³-hybridized carbons (Fsp3) is 0.0357. The van der Waals surface area contributed by atoms with Gasteiger partial charge in [-0.2, -0.15) is 0 Å². The lowest BCUT2D eigenvalue weighted by Crippen LogP contribution is -2.27. The average molecular weight is 534 g/mol. The molecule has 0 bridgehead atoms. The van der Waals surface area contributed by atoms with Gasteiger partial charge in [-0.3, -0.25) is 14.5 Å². The van der Waals surface area contributed by atoms with E-state index in [0.29, 0.717) is 10.6 Å². The van der Waals surface area contributed by atoms with Gasteiger partial charge in [0.1, 0.15) is 5.75 Å². The highest BCUT2D eigenvalue weighted by Crippen LogP contribution is 2.36. The van der Waals surface area contributed by atoms with Gasteiger partial charge in [0.15, 0.2) is 0 Å². The van der Waals surface area contributed by atoms with Crippen LogP contribution in [0.1, 0.15) is 21.5 Å². The molecule has 0 atom stereocenters. The maximum Gasteiger partial charge on any atom is 0.345 e. The van der Waals surface area contributed by atoms with E-state index in [0.717, 1.165) is 28.1 Å². The van der Waals surface area contributed by atoms with E-state index in [4.69, 9.17) is 27.9 Å². The number of hydrogen-bond acceptors (Lipinski definition) is 5. The molecule has 0 saturated carbocycles. The highest BCUT2D eigenvalue weighted by molar-refractivity contribution is 8.18. The van der Waals surface area contributed by atoms with Gasteiger partial charge in [-0.1, -0.05) is 77.8 Å². The molecule has 36 heavy (non-hydrogen) atoms. The third-order valence-corrected chi connectivity index (χ3v) is 7.11. The second-order valence-corrected chi connectivity index (χ2v) is 9.79. The number of nitrogens with zero attached hydrogens (tertiary/aromatic N) is 1. The summed E-state index contributed by atoms with van der Waals surface area (Å²) in [4.78, 5) is 40.1. The van der Waals surface area contributed by atoms with Crippen molar-refractivity contribution in [1.82, 2.24) is 4.90 Å². The Morgan fingerprint density at radius 3 is 2.50 bits per heavy atom. The molecule has 0 aliphatic carbocycles. The van der Waals surface area contributed by atoms with Crippen LogP contribution in [0.3, 0.4) is 0 Å². The number of thioether (sulfide) groups is 1. The smallest absolute Gasteiger partial charge is 0.345 e. The SMILES string of the molecule is O=C(Oc1ccc(Cl)cc1/C=C1\SC(=O)N(Cc2cccc3ccccc23)C1=O)c1ccccc1Cl. The van der Waals surface area contributed by atoms with E-state index in [1.165, 1.54) is 17.0 Å². The van der Waals surface area contributed by atoms with Crippen molar-refractivity contribution in [3.05, 3.63) is 117 Å². The first-order chi connectivity index (χ1) is 17.4. The number of fused-ring (bicyclic) bond motifs is 1. The Labute approximate surface area is 221 Å². The zero-order valence-electron chi connectivity index (χ0n) is 18.6. The molecule has 5 nitrogen and oxygen atoms in total. The number of benzene rings is 4. The Morgan fingerprint density at radius 2 is 1.67 bits per heavy atom. The molecule has 178 valence electrons. The third kappa shape index (κ3) is 4.88. The fourth-order valence-electron chi connectivity index (χ4n) is 3.88. The van der Waals surface area contributed by atoms with Gasteiger partial charge >= 0.3 is 5.97 Å². The van der Waals surface area contributed by atoms with Crippen molar-refractivity contribution < 1.29 is 19.1 Å². The van der Waals surface area contributed by atoms with E-state index in [1.54, 1.807) is 36.4 Å². The molecule has 0 unspecified atom stereocenters. The molecule has 0 radical (unpaired) electrons. The van der Waals surface area contributed by atoms with Crippen molar-refractivity contribution in [1.29, 1.82) is 0 Å². The number of hydrogen-bond donors (Lipinski definition) is 0. The predicted octanol–water partition coefficient (Wildman–Crippen LogP) is 7.60. The highest BCUT2D eigenvalue weighted by Gasteiger charge is 2.35. The minimum absolute atomic E-state index is 0.146. The summed E-state index contributed by atoms with van der Waals surface area (Å²) in [5.41, 5.74) is 1.46. The topological polar surface area (TPSA) is 63.7 Å². The Hall–Kier alpha value is -3.58. The van der Waals surface area contributed by atoms with Crippen molar-refractivity contribution in [2.24, 2.45) is 0 Å². The number of amides is 2. The maximum atomic E-state index is 13.2. The lowest BCUT2D eigenvalue weighted by Gasteiger charge is -2.14. The first-order valence-electron chi connectivity index (χ1n) is 10.9. The number of ether oxygens (including phenoxy) is 1. The van der Waals surface area contributed by atoms with Gasteiger partial charge in [-0.05, 0) is 64.5 Å². The predicted molar refractivity (Wildman–Crippen MR) is 143 cm³/mol. The summed E-state index contributed by atoms with van der Waals surface area (Å²) in [6.45, 7) is 0.146. The van der Waals surface area contributed by atoms with Crippen molar-refractivity contribution in [2.45, 2.75) is 6.54 Å². The van der Waals surface area contributed by atoms with Gasteiger partial charge in [0.05, 0.1) is 22.0 Å². The van der Waals surface area contributed by atoms with E-state index in [9.17, 15) is 14.4 Å². The zero-order valence-corrected chi connectivity index (χ0v) is 20.9. The second-order valence-electron chi connectivity index (χ2n) is 7.96. The normalized spacial score (nSPS) is 14.6. The molecule has 8 heteroatoms. The molecule has 0 N–H and O–H groups in total. The van der Waals surface area contributed by atoms with E-state index in [-0.39, 0.29) is 33.0 Å². The maximum absolute atomic E-state index is 13.2. The van der Waals surface area contributed by atoms with Gasteiger partial charge in [0.2, 0.25) is 0 Å². The van der Waals surface area contributed by atoms with Gasteiger partial charge in [0.25, 0.3) is 11.1 Å². The largest absolute Gasteiger partial charge is 0.422 e. The number of esters is 1. The number of halogens is 2. The van der Waals surface area contributed by atoms with Crippen LogP contribution in [0.2, 0.25) is 10.0 Å². The summed E-state index contributed by atoms with van der Waals surface area (Å²) in [6, 6.07) is 24.8. The van der Waals surface area contributed by atoms with E-state index < -0.39 is 11.9 Å². The second kappa shape index (κ2) is 10.2.